The SMILES string of the molecule is CCCCOC(=O)CC(C(=O)OC)[C@H](NC(=O)CC1CC(c2ccc(C(=N)N)cc2)=NO1)NC(=O)c1[nH]c2ccccc2c1C=O. The molecule has 1 aliphatic heterocycles. The van der Waals surface area contributed by atoms with Crippen LogP contribution in [0.3, 0.4) is 0 Å². The number of oxime groups is 1. The third-order valence-corrected chi connectivity index (χ3v) is 7.42. The summed E-state index contributed by atoms with van der Waals surface area (Å²) in [5.41, 5.74) is 7.92. The molecule has 0 fully saturated rings. The highest BCUT2D eigenvalue weighted by atomic mass is 16.6. The second kappa shape index (κ2) is 15.5. The topological polar surface area (TPSA) is 215 Å². The molecule has 46 heavy (non-hydrogen) atoms. The summed E-state index contributed by atoms with van der Waals surface area (Å²) in [7, 11) is 1.12. The molecule has 0 radical (unpaired) electrons. The van der Waals surface area contributed by atoms with Gasteiger partial charge in [-0.3, -0.25) is 29.4 Å². The number of nitrogens with one attached hydrogen (secondary N) is 4. The minimum atomic E-state index is -1.43. The van der Waals surface area contributed by atoms with Crippen LogP contribution < -0.4 is 16.4 Å². The second-order valence-corrected chi connectivity index (χ2v) is 10.7. The van der Waals surface area contributed by atoms with Gasteiger partial charge in [-0.05, 0) is 18.1 Å². The molecular weight excluding hydrogens is 596 g/mol. The number of hydrogen-bond donors (Lipinski definition) is 5. The summed E-state index contributed by atoms with van der Waals surface area (Å²) in [6, 6.07) is 13.6. The first-order valence-electron chi connectivity index (χ1n) is 14.7. The molecule has 2 amide bonds. The fourth-order valence-corrected chi connectivity index (χ4v) is 4.96. The van der Waals surface area contributed by atoms with Gasteiger partial charge in [0, 0.05) is 22.9 Å². The molecular formula is C32H36N6O8. The molecule has 0 saturated carbocycles. The number of carbonyl (C=O) groups excluding carboxylic acids is 5. The van der Waals surface area contributed by atoms with Gasteiger partial charge in [-0.2, -0.15) is 0 Å². The Morgan fingerprint density at radius 1 is 1.15 bits per heavy atom. The van der Waals surface area contributed by atoms with Gasteiger partial charge < -0.3 is 35.7 Å². The largest absolute Gasteiger partial charge is 0.469 e. The number of nitrogen functional groups attached to an aromatic ring is 1. The number of nitrogens with two attached hydrogens (primary N) is 1. The Balaban J connectivity index is 1.52. The molecule has 2 heterocycles. The maximum absolute atomic E-state index is 13.5. The molecule has 14 heteroatoms. The zero-order valence-electron chi connectivity index (χ0n) is 25.5. The Bertz CT molecular complexity index is 1650. The summed E-state index contributed by atoms with van der Waals surface area (Å²) >= 11 is 0. The third-order valence-electron chi connectivity index (χ3n) is 7.42. The Kier molecular flexibility index (Phi) is 11.2. The zero-order valence-corrected chi connectivity index (χ0v) is 25.5. The number of amides is 2. The highest BCUT2D eigenvalue weighted by Crippen LogP contribution is 2.23. The van der Waals surface area contributed by atoms with Crippen molar-refractivity contribution >= 4 is 52.5 Å². The Morgan fingerprint density at radius 3 is 2.57 bits per heavy atom. The van der Waals surface area contributed by atoms with E-state index in [1.807, 2.05) is 6.92 Å². The molecule has 0 bridgehead atoms. The average Bonchev–Trinajstić information content (AvgIpc) is 3.67. The number of aromatic nitrogens is 1. The number of ether oxygens (including phenoxy) is 2. The third kappa shape index (κ3) is 8.14. The molecule has 3 aromatic rings. The van der Waals surface area contributed by atoms with E-state index in [0.717, 1.165) is 19.1 Å². The molecule has 3 atom stereocenters. The Hall–Kier alpha value is -5.53. The van der Waals surface area contributed by atoms with Crippen LogP contribution in [0.1, 0.15) is 71.0 Å². The van der Waals surface area contributed by atoms with Crippen molar-refractivity contribution in [2.24, 2.45) is 16.8 Å². The van der Waals surface area contributed by atoms with Gasteiger partial charge in [0.1, 0.15) is 29.7 Å². The number of benzene rings is 2. The number of para-hydroxylation sites is 1. The number of methoxy groups -OCH3 is 1. The minimum absolute atomic E-state index is 0.0706. The van der Waals surface area contributed by atoms with Crippen molar-refractivity contribution in [2.75, 3.05) is 13.7 Å². The highest BCUT2D eigenvalue weighted by Gasteiger charge is 2.36. The maximum Gasteiger partial charge on any atom is 0.313 e. The first-order chi connectivity index (χ1) is 22.1. The van der Waals surface area contributed by atoms with Gasteiger partial charge in [0.25, 0.3) is 5.91 Å². The van der Waals surface area contributed by atoms with E-state index in [2.05, 4.69) is 20.8 Å². The van der Waals surface area contributed by atoms with Gasteiger partial charge in [0.2, 0.25) is 5.91 Å². The van der Waals surface area contributed by atoms with Gasteiger partial charge in [-0.1, -0.05) is 61.0 Å². The van der Waals surface area contributed by atoms with Gasteiger partial charge in [0.05, 0.1) is 37.8 Å². The van der Waals surface area contributed by atoms with Gasteiger partial charge in [-0.25, -0.2) is 0 Å². The number of unbranched alkanes of at least 4 members (excludes halogenated alkanes) is 1. The molecule has 2 aromatic carbocycles. The van der Waals surface area contributed by atoms with Crippen molar-refractivity contribution in [1.29, 1.82) is 5.41 Å². The van der Waals surface area contributed by atoms with E-state index < -0.39 is 48.4 Å². The van der Waals surface area contributed by atoms with E-state index in [9.17, 15) is 24.0 Å². The summed E-state index contributed by atoms with van der Waals surface area (Å²) in [6.45, 7) is 2.07. The van der Waals surface area contributed by atoms with Crippen LogP contribution in [-0.2, 0) is 28.7 Å². The smallest absolute Gasteiger partial charge is 0.313 e. The first kappa shape index (κ1) is 33.4. The maximum atomic E-state index is 13.5. The first-order valence-corrected chi connectivity index (χ1v) is 14.7. The number of amidine groups is 1. The lowest BCUT2D eigenvalue weighted by Crippen LogP contribution is -2.55. The van der Waals surface area contributed by atoms with Crippen LogP contribution in [0.2, 0.25) is 0 Å². The number of aromatic amines is 1. The van der Waals surface area contributed by atoms with Crippen molar-refractivity contribution in [3.8, 4) is 0 Å². The number of H-pyrrole nitrogens is 1. The Labute approximate surface area is 264 Å². The van der Waals surface area contributed by atoms with E-state index in [1.54, 1.807) is 48.5 Å². The van der Waals surface area contributed by atoms with Crippen molar-refractivity contribution < 1.29 is 38.3 Å². The molecule has 6 N–H and O–H groups in total. The summed E-state index contributed by atoms with van der Waals surface area (Å²) < 4.78 is 10.2. The fourth-order valence-electron chi connectivity index (χ4n) is 4.96. The van der Waals surface area contributed by atoms with Crippen LogP contribution in [-0.4, -0.2) is 72.6 Å². The Morgan fingerprint density at radius 2 is 1.89 bits per heavy atom. The van der Waals surface area contributed by atoms with E-state index in [4.69, 9.17) is 25.5 Å². The second-order valence-electron chi connectivity index (χ2n) is 10.7. The van der Waals surface area contributed by atoms with Crippen LogP contribution >= 0.6 is 0 Å². The lowest BCUT2D eigenvalue weighted by atomic mass is 10.00. The quantitative estimate of drug-likeness (QED) is 0.0415. The van der Waals surface area contributed by atoms with Gasteiger partial charge in [-0.15, -0.1) is 0 Å². The zero-order chi connectivity index (χ0) is 33.2. The normalized spacial score (nSPS) is 15.2. The van der Waals surface area contributed by atoms with Crippen molar-refractivity contribution in [1.82, 2.24) is 15.6 Å². The van der Waals surface area contributed by atoms with Gasteiger partial charge >= 0.3 is 11.9 Å². The van der Waals surface area contributed by atoms with Crippen LogP contribution in [0.4, 0.5) is 0 Å². The molecule has 1 aliphatic rings. The standard InChI is InChI=1S/C32H36N6O8/c1-3-4-13-45-27(41)16-22(32(43)44-2)30(37-31(42)28-23(17-39)21-7-5-6-8-24(21)35-28)36-26(40)15-20-14-25(38-46-20)18-9-11-19(12-10-18)29(33)34/h5-12,17,20,22,30,35H,3-4,13-16H2,1-2H3,(H3,33,34)(H,36,40)(H,37,42)/t20?,22?,30-/m1/s1. The van der Waals surface area contributed by atoms with Crippen LogP contribution in [0.25, 0.3) is 10.9 Å². The highest BCUT2D eigenvalue weighted by molar-refractivity contribution is 6.10. The van der Waals surface area contributed by atoms with Crippen LogP contribution in [0.15, 0.2) is 53.7 Å². The number of rotatable bonds is 15. The monoisotopic (exact) mass is 632 g/mol. The summed E-state index contributed by atoms with van der Waals surface area (Å²) in [6.07, 6.45) is -0.581. The summed E-state index contributed by atoms with van der Waals surface area (Å²) in [4.78, 5) is 72.7. The predicted octanol–water partition coefficient (Wildman–Crippen LogP) is 2.54. The number of esters is 2. The fraction of sp³-hybridized carbons (Fsp3) is 0.344. The van der Waals surface area contributed by atoms with E-state index >= 15 is 0 Å². The van der Waals surface area contributed by atoms with Crippen LogP contribution in [0.5, 0.6) is 0 Å². The van der Waals surface area contributed by atoms with Crippen molar-refractivity contribution in [2.45, 2.75) is 51.3 Å². The molecule has 242 valence electrons. The van der Waals surface area contributed by atoms with Crippen LogP contribution in [0, 0.1) is 11.3 Å². The summed E-state index contributed by atoms with van der Waals surface area (Å²) in [5.74, 6) is -4.44. The predicted molar refractivity (Wildman–Crippen MR) is 167 cm³/mol. The molecule has 1 aromatic heterocycles. The van der Waals surface area contributed by atoms with E-state index in [0.29, 0.717) is 34.9 Å². The minimum Gasteiger partial charge on any atom is -0.469 e. The average molecular weight is 633 g/mol. The number of fused-ring (bicyclic) bond motifs is 1. The van der Waals surface area contributed by atoms with Gasteiger partial charge in [0.15, 0.2) is 6.29 Å². The lowest BCUT2D eigenvalue weighted by Gasteiger charge is -2.27. The van der Waals surface area contributed by atoms with E-state index in [1.165, 1.54) is 0 Å². The van der Waals surface area contributed by atoms with Crippen molar-refractivity contribution in [3.63, 3.8) is 0 Å². The number of nitrogens with zero attached hydrogens (tertiary/aromatic N) is 1. The molecule has 0 saturated heterocycles. The number of carbonyl (C=O) groups is 5. The molecule has 4 rings (SSSR count). The molecule has 0 aliphatic carbocycles. The molecule has 14 nitrogen and oxygen atoms in total. The van der Waals surface area contributed by atoms with Crippen molar-refractivity contribution in [3.05, 3.63) is 70.9 Å². The molecule has 0 spiro atoms. The summed E-state index contributed by atoms with van der Waals surface area (Å²) in [5, 5.41) is 17.4. The van der Waals surface area contributed by atoms with E-state index in [-0.39, 0.29) is 36.5 Å². The number of hydrogen-bond acceptors (Lipinski definition) is 10. The number of aldehydes is 1. The molecule has 2 unspecified atom stereocenters. The lowest BCUT2D eigenvalue weighted by molar-refractivity contribution is -0.155.